The molecule has 1 saturated heterocycles. The van der Waals surface area contributed by atoms with Crippen LogP contribution in [0.3, 0.4) is 0 Å². The first kappa shape index (κ1) is 11.5. The number of likely N-dealkylation sites (tertiary alicyclic amines) is 1. The number of allylic oxidation sites excluding steroid dienone is 1. The summed E-state index contributed by atoms with van der Waals surface area (Å²) < 4.78 is 0. The normalized spacial score (nSPS) is 19.1. The molecule has 1 heterocycles. The summed E-state index contributed by atoms with van der Waals surface area (Å²) in [6, 6.07) is 7.88. The number of piperidine rings is 1. The second kappa shape index (κ2) is 4.60. The highest BCUT2D eigenvalue weighted by Gasteiger charge is 2.25. The lowest BCUT2D eigenvalue weighted by molar-refractivity contribution is 0.0742. The Morgan fingerprint density at radius 3 is 2.22 bits per heavy atom. The fourth-order valence-electron chi connectivity index (χ4n) is 2.73. The van der Waals surface area contributed by atoms with Crippen LogP contribution in [0, 0.1) is 6.92 Å². The molecule has 1 saturated carbocycles. The number of amides is 1. The van der Waals surface area contributed by atoms with E-state index in [1.807, 2.05) is 36.1 Å². The predicted octanol–water partition coefficient (Wildman–Crippen LogP) is 3.32. The van der Waals surface area contributed by atoms with E-state index in [4.69, 9.17) is 0 Å². The summed E-state index contributed by atoms with van der Waals surface area (Å²) in [5, 5.41) is 0. The summed E-state index contributed by atoms with van der Waals surface area (Å²) >= 11 is 0. The molecule has 2 aliphatic rings. The summed E-state index contributed by atoms with van der Waals surface area (Å²) in [4.78, 5) is 14.4. The molecule has 0 spiro atoms. The highest BCUT2D eigenvalue weighted by molar-refractivity contribution is 5.95. The van der Waals surface area contributed by atoms with Crippen molar-refractivity contribution in [1.82, 2.24) is 4.90 Å². The predicted molar refractivity (Wildman–Crippen MR) is 72.6 cm³/mol. The Kier molecular flexibility index (Phi) is 2.94. The van der Waals surface area contributed by atoms with Crippen LogP contribution in [0.5, 0.6) is 0 Å². The number of carbonyl (C=O) groups is 1. The van der Waals surface area contributed by atoms with E-state index in [0.717, 1.165) is 37.1 Å². The molecule has 0 bridgehead atoms. The van der Waals surface area contributed by atoms with Gasteiger partial charge in [-0.1, -0.05) is 29.3 Å². The van der Waals surface area contributed by atoms with Gasteiger partial charge < -0.3 is 4.90 Å². The molecule has 3 rings (SSSR count). The maximum atomic E-state index is 12.4. The highest BCUT2D eigenvalue weighted by Crippen LogP contribution is 2.36. The Bertz CT molecular complexity index is 500. The lowest BCUT2D eigenvalue weighted by atomic mass is 10.0. The SMILES string of the molecule is Cc1ccccc1C(=O)N1CCC(=C2CC2)CC1. The summed E-state index contributed by atoms with van der Waals surface area (Å²) in [6.07, 6.45) is 4.79. The van der Waals surface area contributed by atoms with Crippen molar-refractivity contribution in [2.24, 2.45) is 0 Å². The third kappa shape index (κ3) is 2.20. The molecule has 0 unspecified atom stereocenters. The quantitative estimate of drug-likeness (QED) is 0.691. The molecular formula is C16H19NO. The minimum absolute atomic E-state index is 0.202. The number of carbonyl (C=O) groups excluding carboxylic acids is 1. The molecule has 0 N–H and O–H groups in total. The molecule has 1 aromatic carbocycles. The maximum absolute atomic E-state index is 12.4. The Hall–Kier alpha value is -1.57. The molecule has 2 nitrogen and oxygen atoms in total. The summed E-state index contributed by atoms with van der Waals surface area (Å²) in [7, 11) is 0. The van der Waals surface area contributed by atoms with Gasteiger partial charge >= 0.3 is 0 Å². The minimum Gasteiger partial charge on any atom is -0.338 e. The number of benzene rings is 1. The Labute approximate surface area is 108 Å². The van der Waals surface area contributed by atoms with E-state index in [1.165, 1.54) is 12.8 Å². The van der Waals surface area contributed by atoms with Crippen molar-refractivity contribution in [3.05, 3.63) is 46.5 Å². The molecular weight excluding hydrogens is 222 g/mol. The van der Waals surface area contributed by atoms with Gasteiger partial charge in [-0.2, -0.15) is 0 Å². The zero-order chi connectivity index (χ0) is 12.5. The highest BCUT2D eigenvalue weighted by atomic mass is 16.2. The Balaban J connectivity index is 1.71. The third-order valence-electron chi connectivity index (χ3n) is 4.03. The fourth-order valence-corrected chi connectivity index (χ4v) is 2.73. The number of nitrogens with zero attached hydrogens (tertiary/aromatic N) is 1. The maximum Gasteiger partial charge on any atom is 0.254 e. The molecule has 0 radical (unpaired) electrons. The molecule has 1 aliphatic heterocycles. The standard InChI is InChI=1S/C16H19NO/c1-12-4-2-3-5-15(12)16(18)17-10-8-14(9-11-17)13-6-7-13/h2-5H,6-11H2,1H3. The van der Waals surface area contributed by atoms with Crippen LogP contribution in [-0.2, 0) is 0 Å². The van der Waals surface area contributed by atoms with E-state index in [9.17, 15) is 4.79 Å². The molecule has 1 aromatic rings. The second-order valence-electron chi connectivity index (χ2n) is 5.31. The Morgan fingerprint density at radius 2 is 1.61 bits per heavy atom. The lowest BCUT2D eigenvalue weighted by Crippen LogP contribution is -2.36. The molecule has 0 atom stereocenters. The van der Waals surface area contributed by atoms with E-state index in [2.05, 4.69) is 0 Å². The van der Waals surface area contributed by atoms with Gasteiger partial charge in [0.1, 0.15) is 0 Å². The van der Waals surface area contributed by atoms with Crippen LogP contribution >= 0.6 is 0 Å². The first-order chi connectivity index (χ1) is 8.75. The monoisotopic (exact) mass is 241 g/mol. The molecule has 2 fully saturated rings. The van der Waals surface area contributed by atoms with Crippen molar-refractivity contribution in [3.63, 3.8) is 0 Å². The van der Waals surface area contributed by atoms with E-state index in [-0.39, 0.29) is 5.91 Å². The van der Waals surface area contributed by atoms with E-state index < -0.39 is 0 Å². The summed E-state index contributed by atoms with van der Waals surface area (Å²) in [5.41, 5.74) is 5.23. The van der Waals surface area contributed by atoms with Gasteiger partial charge in [-0.3, -0.25) is 4.79 Å². The average Bonchev–Trinajstić information content (AvgIpc) is 3.23. The van der Waals surface area contributed by atoms with Crippen LogP contribution in [0.2, 0.25) is 0 Å². The average molecular weight is 241 g/mol. The van der Waals surface area contributed by atoms with Crippen LogP contribution in [0.25, 0.3) is 0 Å². The smallest absolute Gasteiger partial charge is 0.254 e. The van der Waals surface area contributed by atoms with E-state index >= 15 is 0 Å². The molecule has 1 amide bonds. The molecule has 94 valence electrons. The summed E-state index contributed by atoms with van der Waals surface area (Å²) in [5.74, 6) is 0.202. The topological polar surface area (TPSA) is 20.3 Å². The van der Waals surface area contributed by atoms with Crippen molar-refractivity contribution in [2.75, 3.05) is 13.1 Å². The van der Waals surface area contributed by atoms with Crippen molar-refractivity contribution in [2.45, 2.75) is 32.6 Å². The third-order valence-corrected chi connectivity index (χ3v) is 4.03. The van der Waals surface area contributed by atoms with Crippen molar-refractivity contribution in [3.8, 4) is 0 Å². The number of hydrogen-bond acceptors (Lipinski definition) is 1. The number of aryl methyl sites for hydroxylation is 1. The number of hydrogen-bond donors (Lipinski definition) is 0. The first-order valence-corrected chi connectivity index (χ1v) is 6.80. The van der Waals surface area contributed by atoms with Crippen LogP contribution in [0.1, 0.15) is 41.6 Å². The largest absolute Gasteiger partial charge is 0.338 e. The molecule has 0 aromatic heterocycles. The summed E-state index contributed by atoms with van der Waals surface area (Å²) in [6.45, 7) is 3.80. The van der Waals surface area contributed by atoms with Crippen molar-refractivity contribution >= 4 is 5.91 Å². The van der Waals surface area contributed by atoms with Gasteiger partial charge in [-0.05, 0) is 44.2 Å². The van der Waals surface area contributed by atoms with Crippen LogP contribution in [0.4, 0.5) is 0 Å². The van der Waals surface area contributed by atoms with Gasteiger partial charge in [0.05, 0.1) is 0 Å². The molecule has 2 heteroatoms. The first-order valence-electron chi connectivity index (χ1n) is 6.80. The second-order valence-corrected chi connectivity index (χ2v) is 5.31. The van der Waals surface area contributed by atoms with Gasteiger partial charge in [-0.25, -0.2) is 0 Å². The van der Waals surface area contributed by atoms with Crippen molar-refractivity contribution in [1.29, 1.82) is 0 Å². The van der Waals surface area contributed by atoms with Crippen LogP contribution in [0.15, 0.2) is 35.4 Å². The van der Waals surface area contributed by atoms with E-state index in [1.54, 1.807) is 11.1 Å². The van der Waals surface area contributed by atoms with Crippen molar-refractivity contribution < 1.29 is 4.79 Å². The van der Waals surface area contributed by atoms with Crippen LogP contribution < -0.4 is 0 Å². The van der Waals surface area contributed by atoms with Gasteiger partial charge in [0.15, 0.2) is 0 Å². The van der Waals surface area contributed by atoms with E-state index in [0.29, 0.717) is 0 Å². The molecule has 1 aliphatic carbocycles. The van der Waals surface area contributed by atoms with Gasteiger partial charge in [-0.15, -0.1) is 0 Å². The Morgan fingerprint density at radius 1 is 1.00 bits per heavy atom. The van der Waals surface area contributed by atoms with Gasteiger partial charge in [0.2, 0.25) is 0 Å². The van der Waals surface area contributed by atoms with Gasteiger partial charge in [0.25, 0.3) is 5.91 Å². The van der Waals surface area contributed by atoms with Gasteiger partial charge in [0, 0.05) is 18.7 Å². The van der Waals surface area contributed by atoms with Crippen LogP contribution in [-0.4, -0.2) is 23.9 Å². The number of rotatable bonds is 1. The zero-order valence-electron chi connectivity index (χ0n) is 10.9. The fraction of sp³-hybridized carbons (Fsp3) is 0.438. The molecule has 18 heavy (non-hydrogen) atoms. The lowest BCUT2D eigenvalue weighted by Gasteiger charge is -2.29. The minimum atomic E-state index is 0.202. The zero-order valence-corrected chi connectivity index (χ0v) is 10.9.